The highest BCUT2D eigenvalue weighted by molar-refractivity contribution is 5.85. The van der Waals surface area contributed by atoms with E-state index in [0.29, 0.717) is 32.2 Å². The summed E-state index contributed by atoms with van der Waals surface area (Å²) >= 11 is 0. The topological polar surface area (TPSA) is 79.8 Å². The fourth-order valence-electron chi connectivity index (χ4n) is 3.02. The normalized spacial score (nSPS) is 14.4. The minimum atomic E-state index is -0.0449. The number of ether oxygens (including phenoxy) is 2. The predicted octanol–water partition coefficient (Wildman–Crippen LogP) is 1.06. The highest BCUT2D eigenvalue weighted by Crippen LogP contribution is 2.28. The number of methoxy groups -OCH3 is 1. The van der Waals surface area contributed by atoms with Gasteiger partial charge in [0.05, 0.1) is 30.8 Å². The number of nitrogens with one attached hydrogen (secondary N) is 1. The number of amides is 1. The second-order valence-corrected chi connectivity index (χ2v) is 6.51. The van der Waals surface area contributed by atoms with Crippen LogP contribution < -0.4 is 15.1 Å². The van der Waals surface area contributed by atoms with Crippen LogP contribution >= 0.6 is 0 Å². The smallest absolute Gasteiger partial charge is 0.239 e. The number of benzene rings is 1. The zero-order valence-electron chi connectivity index (χ0n) is 16.0. The Labute approximate surface area is 159 Å². The molecule has 146 valence electrons. The number of fused-ring (bicyclic) bond motifs is 1. The number of nitrogens with zero attached hydrogens (tertiary/aromatic N) is 4. The van der Waals surface area contributed by atoms with Crippen molar-refractivity contribution in [3.63, 3.8) is 0 Å². The molecule has 1 aromatic heterocycles. The Morgan fingerprint density at radius 3 is 2.67 bits per heavy atom. The summed E-state index contributed by atoms with van der Waals surface area (Å²) in [6.07, 6.45) is 0.792. The van der Waals surface area contributed by atoms with Crippen LogP contribution in [-0.4, -0.2) is 76.0 Å². The molecule has 1 aliphatic heterocycles. The summed E-state index contributed by atoms with van der Waals surface area (Å²) in [5.41, 5.74) is 1.66. The molecule has 0 unspecified atom stereocenters. The first-order valence-corrected chi connectivity index (χ1v) is 9.25. The Kier molecular flexibility index (Phi) is 6.78. The van der Waals surface area contributed by atoms with Crippen LogP contribution in [0, 0.1) is 0 Å². The first-order valence-electron chi connectivity index (χ1n) is 9.25. The lowest BCUT2D eigenvalue weighted by Gasteiger charge is -2.31. The molecule has 1 amide bonds. The molecule has 0 saturated carbocycles. The first kappa shape index (κ1) is 19.3. The average molecular weight is 373 g/mol. The standard InChI is InChI=1S/C19H27N5O3/c1-23(14-17(25)20-8-5-11-26-2)18-19(24-9-12-27-13-10-24)22-16-7-4-3-6-15(16)21-18/h3-4,6-7H,5,8-14H2,1-2H3,(H,20,25). The first-order chi connectivity index (χ1) is 13.2. The Hall–Kier alpha value is -2.45. The van der Waals surface area contributed by atoms with Crippen molar-refractivity contribution in [2.45, 2.75) is 6.42 Å². The van der Waals surface area contributed by atoms with Crippen molar-refractivity contribution in [2.24, 2.45) is 0 Å². The van der Waals surface area contributed by atoms with Crippen LogP contribution in [0.4, 0.5) is 11.6 Å². The summed E-state index contributed by atoms with van der Waals surface area (Å²) in [7, 11) is 3.53. The van der Waals surface area contributed by atoms with E-state index < -0.39 is 0 Å². The summed E-state index contributed by atoms with van der Waals surface area (Å²) in [4.78, 5) is 25.9. The van der Waals surface area contributed by atoms with Crippen molar-refractivity contribution in [3.05, 3.63) is 24.3 Å². The van der Waals surface area contributed by atoms with Gasteiger partial charge in [-0.25, -0.2) is 9.97 Å². The predicted molar refractivity (Wildman–Crippen MR) is 105 cm³/mol. The number of aromatic nitrogens is 2. The van der Waals surface area contributed by atoms with E-state index in [9.17, 15) is 4.79 Å². The van der Waals surface area contributed by atoms with E-state index in [0.717, 1.165) is 36.4 Å². The van der Waals surface area contributed by atoms with Crippen LogP contribution in [0.15, 0.2) is 24.3 Å². The number of anilines is 2. The van der Waals surface area contributed by atoms with Crippen molar-refractivity contribution >= 4 is 28.6 Å². The van der Waals surface area contributed by atoms with Gasteiger partial charge in [-0.2, -0.15) is 0 Å². The van der Waals surface area contributed by atoms with Crippen molar-refractivity contribution in [1.82, 2.24) is 15.3 Å². The zero-order chi connectivity index (χ0) is 19.1. The lowest BCUT2D eigenvalue weighted by Crippen LogP contribution is -2.40. The molecule has 8 nitrogen and oxygen atoms in total. The molecule has 0 spiro atoms. The molecule has 1 N–H and O–H groups in total. The molecule has 0 aliphatic carbocycles. The van der Waals surface area contributed by atoms with Gasteiger partial charge in [-0.15, -0.1) is 0 Å². The number of hydrogen-bond donors (Lipinski definition) is 1. The van der Waals surface area contributed by atoms with Crippen molar-refractivity contribution in [1.29, 1.82) is 0 Å². The van der Waals surface area contributed by atoms with E-state index in [1.165, 1.54) is 0 Å². The third-order valence-electron chi connectivity index (χ3n) is 4.43. The number of carbonyl (C=O) groups is 1. The second-order valence-electron chi connectivity index (χ2n) is 6.51. The Bertz CT molecular complexity index is 764. The molecule has 3 rings (SSSR count). The molecule has 1 aliphatic rings. The summed E-state index contributed by atoms with van der Waals surface area (Å²) in [5.74, 6) is 1.46. The van der Waals surface area contributed by atoms with E-state index in [4.69, 9.17) is 19.4 Å². The third-order valence-corrected chi connectivity index (χ3v) is 4.43. The number of morpholine rings is 1. The summed E-state index contributed by atoms with van der Waals surface area (Å²) < 4.78 is 10.5. The van der Waals surface area contributed by atoms with Crippen LogP contribution in [0.3, 0.4) is 0 Å². The molecular weight excluding hydrogens is 346 g/mol. The highest BCUT2D eigenvalue weighted by atomic mass is 16.5. The number of carbonyl (C=O) groups excluding carboxylic acids is 1. The van der Waals surface area contributed by atoms with E-state index >= 15 is 0 Å². The van der Waals surface area contributed by atoms with Crippen LogP contribution in [-0.2, 0) is 14.3 Å². The fraction of sp³-hybridized carbons (Fsp3) is 0.526. The molecule has 27 heavy (non-hydrogen) atoms. The largest absolute Gasteiger partial charge is 0.385 e. The monoisotopic (exact) mass is 373 g/mol. The third kappa shape index (κ3) is 5.05. The lowest BCUT2D eigenvalue weighted by molar-refractivity contribution is -0.119. The molecule has 1 aromatic carbocycles. The van der Waals surface area contributed by atoms with Gasteiger partial charge in [-0.1, -0.05) is 12.1 Å². The average Bonchev–Trinajstić information content (AvgIpc) is 2.71. The van der Waals surface area contributed by atoms with Crippen LogP contribution in [0.2, 0.25) is 0 Å². The summed E-state index contributed by atoms with van der Waals surface area (Å²) in [5, 5.41) is 2.91. The molecule has 2 heterocycles. The van der Waals surface area contributed by atoms with Crippen LogP contribution in [0.25, 0.3) is 11.0 Å². The molecule has 2 aromatic rings. The molecule has 0 bridgehead atoms. The number of para-hydroxylation sites is 2. The SMILES string of the molecule is COCCCNC(=O)CN(C)c1nc2ccccc2nc1N1CCOCC1. The van der Waals surface area contributed by atoms with Crippen molar-refractivity contribution in [2.75, 3.05) is 70.0 Å². The second kappa shape index (κ2) is 9.48. The number of rotatable bonds is 8. The van der Waals surface area contributed by atoms with Crippen LogP contribution in [0.1, 0.15) is 6.42 Å². The zero-order valence-corrected chi connectivity index (χ0v) is 16.0. The van der Waals surface area contributed by atoms with E-state index in [1.54, 1.807) is 7.11 Å². The molecule has 1 fully saturated rings. The highest BCUT2D eigenvalue weighted by Gasteiger charge is 2.22. The molecular formula is C19H27N5O3. The fourth-order valence-corrected chi connectivity index (χ4v) is 3.02. The van der Waals surface area contributed by atoms with Gasteiger partial charge in [0.15, 0.2) is 11.6 Å². The molecule has 1 saturated heterocycles. The Morgan fingerprint density at radius 1 is 1.26 bits per heavy atom. The lowest BCUT2D eigenvalue weighted by atomic mass is 10.3. The van der Waals surface area contributed by atoms with Gasteiger partial charge in [0.1, 0.15) is 0 Å². The minimum absolute atomic E-state index is 0.0449. The maximum atomic E-state index is 12.3. The molecule has 0 atom stereocenters. The van der Waals surface area contributed by atoms with E-state index in [1.807, 2.05) is 36.2 Å². The van der Waals surface area contributed by atoms with Gasteiger partial charge >= 0.3 is 0 Å². The van der Waals surface area contributed by atoms with Crippen molar-refractivity contribution < 1.29 is 14.3 Å². The van der Waals surface area contributed by atoms with Gasteiger partial charge in [-0.05, 0) is 18.6 Å². The van der Waals surface area contributed by atoms with E-state index in [2.05, 4.69) is 10.2 Å². The number of likely N-dealkylation sites (N-methyl/N-ethyl adjacent to an activating group) is 1. The van der Waals surface area contributed by atoms with Gasteiger partial charge < -0.3 is 24.6 Å². The number of hydrogen-bond acceptors (Lipinski definition) is 7. The summed E-state index contributed by atoms with van der Waals surface area (Å²) in [6, 6.07) is 7.79. The maximum absolute atomic E-state index is 12.3. The maximum Gasteiger partial charge on any atom is 0.239 e. The van der Waals surface area contributed by atoms with Gasteiger partial charge in [0.25, 0.3) is 0 Å². The van der Waals surface area contributed by atoms with E-state index in [-0.39, 0.29) is 12.5 Å². The van der Waals surface area contributed by atoms with Gasteiger partial charge in [0, 0.05) is 40.4 Å². The van der Waals surface area contributed by atoms with Crippen LogP contribution in [0.5, 0.6) is 0 Å². The summed E-state index contributed by atoms with van der Waals surface area (Å²) in [6.45, 7) is 4.30. The Balaban J connectivity index is 1.79. The van der Waals surface area contributed by atoms with Gasteiger partial charge in [0.2, 0.25) is 5.91 Å². The minimum Gasteiger partial charge on any atom is -0.385 e. The van der Waals surface area contributed by atoms with Crippen molar-refractivity contribution in [3.8, 4) is 0 Å². The quantitative estimate of drug-likeness (QED) is 0.693. The van der Waals surface area contributed by atoms with Gasteiger partial charge in [-0.3, -0.25) is 4.79 Å². The molecule has 8 heteroatoms. The Morgan fingerprint density at radius 2 is 1.96 bits per heavy atom. The molecule has 0 radical (unpaired) electrons.